The fourth-order valence-corrected chi connectivity index (χ4v) is 2.42. The van der Waals surface area contributed by atoms with Gasteiger partial charge in [0.15, 0.2) is 11.6 Å². The van der Waals surface area contributed by atoms with Gasteiger partial charge in [-0.05, 0) is 29.8 Å². The molecule has 0 atom stereocenters. The molecule has 2 aromatic carbocycles. The van der Waals surface area contributed by atoms with Crippen molar-refractivity contribution in [1.82, 2.24) is 10.2 Å². The normalized spacial score (nSPS) is 10.4. The van der Waals surface area contributed by atoms with Crippen molar-refractivity contribution in [2.45, 2.75) is 13.5 Å². The lowest BCUT2D eigenvalue weighted by Gasteiger charge is -2.22. The molecule has 25 heavy (non-hydrogen) atoms. The fraction of sp³-hybridized carbons (Fsp3) is 0.222. The average Bonchev–Trinajstić information content (AvgIpc) is 2.57. The third-order valence-corrected chi connectivity index (χ3v) is 3.98. The molecule has 7 heteroatoms. The zero-order chi connectivity index (χ0) is 18.4. The van der Waals surface area contributed by atoms with E-state index in [1.54, 1.807) is 12.1 Å². The summed E-state index contributed by atoms with van der Waals surface area (Å²) in [5.74, 6) is -2.81. The molecule has 1 N–H and O–H groups in total. The number of halogens is 3. The molecular formula is C18H17ClF2N2O2. The van der Waals surface area contributed by atoms with Gasteiger partial charge in [-0.2, -0.15) is 0 Å². The van der Waals surface area contributed by atoms with Crippen LogP contribution < -0.4 is 5.32 Å². The summed E-state index contributed by atoms with van der Waals surface area (Å²) in [5, 5.41) is 3.13. The Morgan fingerprint density at radius 1 is 1.12 bits per heavy atom. The first-order chi connectivity index (χ1) is 11.9. The van der Waals surface area contributed by atoms with E-state index < -0.39 is 17.5 Å². The summed E-state index contributed by atoms with van der Waals surface area (Å²) in [5.41, 5.74) is 0.811. The van der Waals surface area contributed by atoms with Crippen molar-refractivity contribution >= 4 is 23.4 Å². The molecule has 0 saturated heterocycles. The highest BCUT2D eigenvalue weighted by molar-refractivity contribution is 6.31. The predicted octanol–water partition coefficient (Wildman–Crippen LogP) is 3.40. The largest absolute Gasteiger partial charge is 0.350 e. The zero-order valence-corrected chi connectivity index (χ0v) is 14.3. The SMILES string of the molecule is CC(=O)N(CCNC(=O)c1ccc(F)c(F)c1)Cc1ccccc1Cl. The molecule has 0 saturated carbocycles. The Kier molecular flexibility index (Phi) is 6.47. The molecule has 0 aliphatic rings. The lowest BCUT2D eigenvalue weighted by molar-refractivity contribution is -0.129. The third-order valence-electron chi connectivity index (χ3n) is 3.61. The second kappa shape index (κ2) is 8.58. The van der Waals surface area contributed by atoms with E-state index in [-0.39, 0.29) is 24.6 Å². The number of benzene rings is 2. The second-order valence-corrected chi connectivity index (χ2v) is 5.82. The molecular weight excluding hydrogens is 350 g/mol. The van der Waals surface area contributed by atoms with Crippen LogP contribution in [0.25, 0.3) is 0 Å². The quantitative estimate of drug-likeness (QED) is 0.851. The minimum Gasteiger partial charge on any atom is -0.350 e. The number of amides is 2. The van der Waals surface area contributed by atoms with Crippen molar-refractivity contribution in [3.8, 4) is 0 Å². The van der Waals surface area contributed by atoms with Crippen LogP contribution in [0.1, 0.15) is 22.8 Å². The summed E-state index contributed by atoms with van der Waals surface area (Å²) in [6.45, 7) is 2.17. The smallest absolute Gasteiger partial charge is 0.251 e. The van der Waals surface area contributed by atoms with Crippen LogP contribution >= 0.6 is 11.6 Å². The highest BCUT2D eigenvalue weighted by atomic mass is 35.5. The number of nitrogens with zero attached hydrogens (tertiary/aromatic N) is 1. The topological polar surface area (TPSA) is 49.4 Å². The Balaban J connectivity index is 1.93. The van der Waals surface area contributed by atoms with E-state index in [9.17, 15) is 18.4 Å². The molecule has 0 aliphatic heterocycles. The predicted molar refractivity (Wildman–Crippen MR) is 91.2 cm³/mol. The number of hydrogen-bond acceptors (Lipinski definition) is 2. The maximum atomic E-state index is 13.2. The van der Waals surface area contributed by atoms with Crippen LogP contribution in [0.5, 0.6) is 0 Å². The fourth-order valence-electron chi connectivity index (χ4n) is 2.22. The van der Waals surface area contributed by atoms with Crippen LogP contribution in [0.15, 0.2) is 42.5 Å². The number of nitrogens with one attached hydrogen (secondary N) is 1. The van der Waals surface area contributed by atoms with Crippen molar-refractivity contribution in [2.75, 3.05) is 13.1 Å². The first-order valence-electron chi connectivity index (χ1n) is 7.60. The molecule has 0 fully saturated rings. The van der Waals surface area contributed by atoms with Crippen molar-refractivity contribution < 1.29 is 18.4 Å². The Morgan fingerprint density at radius 3 is 2.48 bits per heavy atom. The van der Waals surface area contributed by atoms with Crippen LogP contribution in [0.4, 0.5) is 8.78 Å². The van der Waals surface area contributed by atoms with E-state index >= 15 is 0 Å². The first-order valence-corrected chi connectivity index (χ1v) is 7.98. The van der Waals surface area contributed by atoms with Crippen molar-refractivity contribution in [3.05, 3.63) is 70.2 Å². The highest BCUT2D eigenvalue weighted by Crippen LogP contribution is 2.17. The van der Waals surface area contributed by atoms with Gasteiger partial charge >= 0.3 is 0 Å². The Morgan fingerprint density at radius 2 is 1.84 bits per heavy atom. The maximum Gasteiger partial charge on any atom is 0.251 e. The molecule has 0 spiro atoms. The van der Waals surface area contributed by atoms with E-state index in [1.165, 1.54) is 17.9 Å². The molecule has 0 aromatic heterocycles. The van der Waals surface area contributed by atoms with Crippen LogP contribution in [-0.2, 0) is 11.3 Å². The van der Waals surface area contributed by atoms with Gasteiger partial charge in [0.25, 0.3) is 5.91 Å². The number of carbonyl (C=O) groups excluding carboxylic acids is 2. The summed E-state index contributed by atoms with van der Waals surface area (Å²) >= 11 is 6.09. The van der Waals surface area contributed by atoms with E-state index in [2.05, 4.69) is 5.32 Å². The van der Waals surface area contributed by atoms with E-state index in [0.29, 0.717) is 11.6 Å². The zero-order valence-electron chi connectivity index (χ0n) is 13.6. The van der Waals surface area contributed by atoms with Crippen LogP contribution in [0, 0.1) is 11.6 Å². The lowest BCUT2D eigenvalue weighted by atomic mass is 10.2. The van der Waals surface area contributed by atoms with Crippen LogP contribution in [0.3, 0.4) is 0 Å². The van der Waals surface area contributed by atoms with Gasteiger partial charge in [0.05, 0.1) is 0 Å². The molecule has 0 unspecified atom stereocenters. The molecule has 4 nitrogen and oxygen atoms in total. The third kappa shape index (κ3) is 5.26. The highest BCUT2D eigenvalue weighted by Gasteiger charge is 2.13. The van der Waals surface area contributed by atoms with Crippen LogP contribution in [0.2, 0.25) is 5.02 Å². The van der Waals surface area contributed by atoms with E-state index in [0.717, 1.165) is 17.7 Å². The molecule has 2 aromatic rings. The summed E-state index contributed by atoms with van der Waals surface area (Å²) in [6.07, 6.45) is 0. The summed E-state index contributed by atoms with van der Waals surface area (Å²) in [4.78, 5) is 25.2. The minimum atomic E-state index is -1.09. The van der Waals surface area contributed by atoms with Gasteiger partial charge in [0.2, 0.25) is 5.91 Å². The van der Waals surface area contributed by atoms with Gasteiger partial charge in [-0.3, -0.25) is 9.59 Å². The van der Waals surface area contributed by atoms with E-state index in [1.807, 2.05) is 12.1 Å². The van der Waals surface area contributed by atoms with Crippen molar-refractivity contribution in [1.29, 1.82) is 0 Å². The molecule has 2 rings (SSSR count). The summed E-state index contributed by atoms with van der Waals surface area (Å²) in [7, 11) is 0. The average molecular weight is 367 g/mol. The number of rotatable bonds is 6. The Hall–Kier alpha value is -2.47. The second-order valence-electron chi connectivity index (χ2n) is 5.42. The number of carbonyl (C=O) groups is 2. The summed E-state index contributed by atoms with van der Waals surface area (Å²) in [6, 6.07) is 10.1. The van der Waals surface area contributed by atoms with Gasteiger partial charge in [-0.15, -0.1) is 0 Å². The Labute approximate surface area is 149 Å². The molecule has 2 amide bonds. The van der Waals surface area contributed by atoms with Gasteiger partial charge in [-0.1, -0.05) is 29.8 Å². The van der Waals surface area contributed by atoms with Crippen LogP contribution in [-0.4, -0.2) is 29.8 Å². The summed E-state index contributed by atoms with van der Waals surface area (Å²) < 4.78 is 26.0. The maximum absolute atomic E-state index is 13.2. The van der Waals surface area contributed by atoms with Crippen molar-refractivity contribution in [3.63, 3.8) is 0 Å². The van der Waals surface area contributed by atoms with Gasteiger partial charge in [-0.25, -0.2) is 8.78 Å². The Bertz CT molecular complexity index is 783. The lowest BCUT2D eigenvalue weighted by Crippen LogP contribution is -2.37. The van der Waals surface area contributed by atoms with Gasteiger partial charge < -0.3 is 10.2 Å². The van der Waals surface area contributed by atoms with E-state index in [4.69, 9.17) is 11.6 Å². The van der Waals surface area contributed by atoms with Gasteiger partial charge in [0.1, 0.15) is 0 Å². The number of hydrogen-bond donors (Lipinski definition) is 1. The molecule has 0 aliphatic carbocycles. The minimum absolute atomic E-state index is 0.0133. The standard InChI is InChI=1S/C18H17ClF2N2O2/c1-12(24)23(11-14-4-2-3-5-15(14)19)9-8-22-18(25)13-6-7-16(20)17(21)10-13/h2-7,10H,8-9,11H2,1H3,(H,22,25). The molecule has 132 valence electrons. The van der Waals surface area contributed by atoms with Crippen molar-refractivity contribution in [2.24, 2.45) is 0 Å². The molecule has 0 heterocycles. The molecule has 0 radical (unpaired) electrons. The molecule has 0 bridgehead atoms. The monoisotopic (exact) mass is 366 g/mol. The van der Waals surface area contributed by atoms with Gasteiger partial charge in [0, 0.05) is 37.1 Å². The first kappa shape index (κ1) is 18.9.